The van der Waals surface area contributed by atoms with Crippen molar-refractivity contribution in [2.75, 3.05) is 13.1 Å². The minimum atomic E-state index is -1.74. The third kappa shape index (κ3) is 14.8. The number of hydrogen-bond acceptors (Lipinski definition) is 8. The van der Waals surface area contributed by atoms with E-state index in [1.54, 1.807) is 27.7 Å². The summed E-state index contributed by atoms with van der Waals surface area (Å²) in [6.07, 6.45) is 0.690. The maximum atomic E-state index is 13.6. The van der Waals surface area contributed by atoms with Crippen molar-refractivity contribution < 1.29 is 48.6 Å². The van der Waals surface area contributed by atoms with Gasteiger partial charge in [0.25, 0.3) is 0 Å². The topological polar surface area (TPSA) is 240 Å². The molecule has 0 aliphatic carbocycles. The molecule has 16 heteroatoms. The molecule has 1 saturated heterocycles. The predicted octanol–water partition coefficient (Wildman–Crippen LogP) is 0.337. The normalized spacial score (nSPS) is 15.5. The van der Waals surface area contributed by atoms with Gasteiger partial charge in [-0.05, 0) is 50.0 Å². The van der Waals surface area contributed by atoms with Crippen LogP contribution < -0.4 is 26.6 Å². The van der Waals surface area contributed by atoms with Gasteiger partial charge in [-0.2, -0.15) is 0 Å². The van der Waals surface area contributed by atoms with Gasteiger partial charge in [0.15, 0.2) is 0 Å². The summed E-state index contributed by atoms with van der Waals surface area (Å²) in [5.41, 5.74) is 0.952. The van der Waals surface area contributed by atoms with E-state index in [1.807, 2.05) is 30.3 Å². The largest absolute Gasteiger partial charge is 0.481 e. The van der Waals surface area contributed by atoms with Gasteiger partial charge < -0.3 is 41.7 Å². The van der Waals surface area contributed by atoms with Crippen LogP contribution in [0.15, 0.2) is 30.3 Å². The minimum absolute atomic E-state index is 0.0378. The zero-order valence-corrected chi connectivity index (χ0v) is 29.9. The van der Waals surface area contributed by atoms with Crippen LogP contribution in [0.25, 0.3) is 0 Å². The van der Waals surface area contributed by atoms with Crippen LogP contribution in [0.5, 0.6) is 0 Å². The van der Waals surface area contributed by atoms with Gasteiger partial charge in [-0.15, -0.1) is 0 Å². The van der Waals surface area contributed by atoms with Gasteiger partial charge in [0.05, 0.1) is 12.8 Å². The van der Waals surface area contributed by atoms with Gasteiger partial charge >= 0.3 is 11.9 Å². The molecule has 0 unspecified atom stereocenters. The molecule has 0 bridgehead atoms. The maximum Gasteiger partial charge on any atom is 0.326 e. The summed E-state index contributed by atoms with van der Waals surface area (Å²) in [6, 6.07) is 2.41. The summed E-state index contributed by atoms with van der Waals surface area (Å²) in [6.45, 7) is 9.09. The average molecular weight is 717 g/mol. The number of benzene rings is 1. The zero-order valence-electron chi connectivity index (χ0n) is 29.9. The fourth-order valence-corrected chi connectivity index (χ4v) is 5.46. The molecule has 0 aromatic heterocycles. The first-order chi connectivity index (χ1) is 24.0. The first-order valence-electron chi connectivity index (χ1n) is 17.3. The number of aliphatic carboxylic acids is 2. The monoisotopic (exact) mass is 716 g/mol. The van der Waals surface area contributed by atoms with E-state index in [0.29, 0.717) is 19.5 Å². The highest BCUT2D eigenvalue weighted by atomic mass is 16.4. The zero-order chi connectivity index (χ0) is 38.2. The molecule has 1 aliphatic rings. The lowest BCUT2D eigenvalue weighted by molar-refractivity contribution is -0.144. The molecule has 0 radical (unpaired) electrons. The molecule has 7 N–H and O–H groups in total. The first kappa shape index (κ1) is 42.1. The van der Waals surface area contributed by atoms with E-state index < -0.39 is 90.4 Å². The number of nitrogens with one attached hydrogen (secondary N) is 5. The third-order valence-corrected chi connectivity index (χ3v) is 8.31. The van der Waals surface area contributed by atoms with Crippen molar-refractivity contribution in [3.63, 3.8) is 0 Å². The lowest BCUT2D eigenvalue weighted by atomic mass is 10.0. The molecule has 2 rings (SSSR count). The van der Waals surface area contributed by atoms with Crippen LogP contribution in [-0.4, -0.2) is 106 Å². The summed E-state index contributed by atoms with van der Waals surface area (Å²) in [7, 11) is 0. The summed E-state index contributed by atoms with van der Waals surface area (Å²) in [4.78, 5) is 104. The summed E-state index contributed by atoms with van der Waals surface area (Å²) >= 11 is 0. The van der Waals surface area contributed by atoms with Crippen molar-refractivity contribution in [2.24, 2.45) is 11.8 Å². The number of rotatable bonds is 20. The fourth-order valence-electron chi connectivity index (χ4n) is 5.46. The highest BCUT2D eigenvalue weighted by molar-refractivity contribution is 5.98. The van der Waals surface area contributed by atoms with Crippen LogP contribution in [0, 0.1) is 11.8 Å². The van der Waals surface area contributed by atoms with Crippen LogP contribution in [0.4, 0.5) is 0 Å². The number of nitrogens with zero attached hydrogens (tertiary/aromatic N) is 1. The van der Waals surface area contributed by atoms with E-state index in [2.05, 4.69) is 26.6 Å². The Labute approximate surface area is 297 Å². The molecule has 282 valence electrons. The number of carboxylic acid groups (broad SMARTS) is 2. The second-order valence-corrected chi connectivity index (χ2v) is 13.5. The Morgan fingerprint density at radius 1 is 0.686 bits per heavy atom. The number of likely N-dealkylation sites (tertiary alicyclic amines) is 1. The lowest BCUT2D eigenvalue weighted by Gasteiger charge is -2.28. The molecular formula is C35H52N6O10. The van der Waals surface area contributed by atoms with Crippen molar-refractivity contribution in [1.29, 1.82) is 0 Å². The molecule has 6 amide bonds. The summed E-state index contributed by atoms with van der Waals surface area (Å²) in [5, 5.41) is 31.2. The highest BCUT2D eigenvalue weighted by Gasteiger charge is 2.35. The van der Waals surface area contributed by atoms with Gasteiger partial charge in [-0.25, -0.2) is 4.79 Å². The SMILES string of the molecule is CC(C)C[C@H](NC(=O)[C@H](CC(=O)O)NC(=O)[C@H](CC(=O)N1CCCC1)NC(=O)[C@@H](NC(=O)[C@H](C)NC(=O)CCc1ccccc1)C(C)C)C(=O)O. The van der Waals surface area contributed by atoms with Gasteiger partial charge in [0.2, 0.25) is 35.4 Å². The standard InChI is InChI=1S/C35H52N6O10/c1-20(2)17-26(35(50)51)39-33(48)25(19-29(44)45)37-32(47)24(18-28(43)41-15-9-10-16-41)38-34(49)30(21(3)4)40-31(46)22(5)36-27(42)14-13-23-11-7-6-8-12-23/h6-8,11-12,20-22,24-26,30H,9-10,13-19H2,1-5H3,(H,36,42)(H,37,47)(H,38,49)(H,39,48)(H,40,46)(H,44,45)(H,50,51)/t22-,24-,25-,26-,30-/m0/s1. The Balaban J connectivity index is 2.20. The van der Waals surface area contributed by atoms with Crippen LogP contribution in [0.2, 0.25) is 0 Å². The smallest absolute Gasteiger partial charge is 0.326 e. The second-order valence-electron chi connectivity index (χ2n) is 13.5. The van der Waals surface area contributed by atoms with E-state index >= 15 is 0 Å². The summed E-state index contributed by atoms with van der Waals surface area (Å²) < 4.78 is 0. The van der Waals surface area contributed by atoms with Gasteiger partial charge in [0.1, 0.15) is 30.2 Å². The van der Waals surface area contributed by atoms with Crippen molar-refractivity contribution in [1.82, 2.24) is 31.5 Å². The predicted molar refractivity (Wildman–Crippen MR) is 185 cm³/mol. The first-order valence-corrected chi connectivity index (χ1v) is 17.3. The summed E-state index contributed by atoms with van der Waals surface area (Å²) in [5.74, 6) is -7.94. The molecule has 1 heterocycles. The third-order valence-electron chi connectivity index (χ3n) is 8.31. The molecule has 1 fully saturated rings. The maximum absolute atomic E-state index is 13.6. The highest BCUT2D eigenvalue weighted by Crippen LogP contribution is 2.12. The molecule has 0 saturated carbocycles. The molecule has 1 aromatic carbocycles. The van der Waals surface area contributed by atoms with Crippen molar-refractivity contribution >= 4 is 47.4 Å². The van der Waals surface area contributed by atoms with Crippen molar-refractivity contribution in [3.8, 4) is 0 Å². The minimum Gasteiger partial charge on any atom is -0.481 e. The van der Waals surface area contributed by atoms with E-state index in [4.69, 9.17) is 0 Å². The van der Waals surface area contributed by atoms with E-state index in [1.165, 1.54) is 11.8 Å². The van der Waals surface area contributed by atoms with Crippen LogP contribution in [0.1, 0.15) is 78.7 Å². The number of carbonyl (C=O) groups excluding carboxylic acids is 6. The Kier molecular flexibility index (Phi) is 17.0. The van der Waals surface area contributed by atoms with Crippen LogP contribution >= 0.6 is 0 Å². The molecule has 0 spiro atoms. The Morgan fingerprint density at radius 2 is 1.24 bits per heavy atom. The lowest BCUT2D eigenvalue weighted by Crippen LogP contribution is -2.60. The molecule has 1 aliphatic heterocycles. The number of carbonyl (C=O) groups is 8. The molecule has 51 heavy (non-hydrogen) atoms. The Bertz CT molecular complexity index is 1400. The molecule has 1 aromatic rings. The quantitative estimate of drug-likeness (QED) is 0.0976. The average Bonchev–Trinajstić information content (AvgIpc) is 3.60. The molecular weight excluding hydrogens is 664 g/mol. The molecule has 5 atom stereocenters. The van der Waals surface area contributed by atoms with Crippen molar-refractivity contribution in [2.45, 2.75) is 110 Å². The Hall–Kier alpha value is -5.02. The van der Waals surface area contributed by atoms with Gasteiger partial charge in [0, 0.05) is 19.5 Å². The van der Waals surface area contributed by atoms with E-state index in [0.717, 1.165) is 18.4 Å². The number of aryl methyl sites for hydroxylation is 1. The fraction of sp³-hybridized carbons (Fsp3) is 0.600. The van der Waals surface area contributed by atoms with E-state index in [9.17, 15) is 48.6 Å². The van der Waals surface area contributed by atoms with Gasteiger partial charge in [-0.3, -0.25) is 33.6 Å². The van der Waals surface area contributed by atoms with Crippen LogP contribution in [-0.2, 0) is 44.8 Å². The Morgan fingerprint density at radius 3 is 1.76 bits per heavy atom. The number of carboxylic acids is 2. The second kappa shape index (κ2) is 20.6. The number of hydrogen-bond donors (Lipinski definition) is 7. The van der Waals surface area contributed by atoms with Gasteiger partial charge in [-0.1, -0.05) is 58.0 Å². The van der Waals surface area contributed by atoms with E-state index in [-0.39, 0.29) is 24.7 Å². The van der Waals surface area contributed by atoms with Crippen molar-refractivity contribution in [3.05, 3.63) is 35.9 Å². The number of amides is 6. The molecule has 16 nitrogen and oxygen atoms in total. The van der Waals surface area contributed by atoms with Crippen LogP contribution in [0.3, 0.4) is 0 Å².